The van der Waals surface area contributed by atoms with E-state index in [9.17, 15) is 9.59 Å². The van der Waals surface area contributed by atoms with Gasteiger partial charge in [0.1, 0.15) is 5.82 Å². The lowest BCUT2D eigenvalue weighted by molar-refractivity contribution is 0.131. The van der Waals surface area contributed by atoms with Gasteiger partial charge in [-0.2, -0.15) is 0 Å². The van der Waals surface area contributed by atoms with E-state index in [4.69, 9.17) is 0 Å². The zero-order valence-corrected chi connectivity index (χ0v) is 16.8. The summed E-state index contributed by atoms with van der Waals surface area (Å²) in [6.45, 7) is 2.60. The number of rotatable bonds is 4. The fourth-order valence-corrected chi connectivity index (χ4v) is 4.77. The molecule has 30 heavy (non-hydrogen) atoms. The summed E-state index contributed by atoms with van der Waals surface area (Å²) in [5.74, 6) is 1.09. The number of nitrogens with zero attached hydrogens (tertiary/aromatic N) is 3. The summed E-state index contributed by atoms with van der Waals surface area (Å²) >= 11 is 0. The maximum Gasteiger partial charge on any atom is 0.317 e. The van der Waals surface area contributed by atoms with E-state index in [2.05, 4.69) is 27.4 Å². The first-order valence-corrected chi connectivity index (χ1v) is 10.5. The van der Waals surface area contributed by atoms with Crippen LogP contribution in [0.2, 0.25) is 0 Å². The number of imidazole rings is 1. The minimum Gasteiger partial charge on any atom is -0.344 e. The average Bonchev–Trinajstić information content (AvgIpc) is 3.30. The molecule has 0 spiro atoms. The van der Waals surface area contributed by atoms with Crippen LogP contribution >= 0.6 is 0 Å². The molecule has 2 aliphatic heterocycles. The molecule has 1 aromatic carbocycles. The number of hydrogen-bond donors (Lipinski definition) is 2. The molecular weight excluding hydrogens is 378 g/mol. The second-order valence-electron chi connectivity index (χ2n) is 8.20. The molecule has 154 valence electrons. The van der Waals surface area contributed by atoms with Gasteiger partial charge in [0.2, 0.25) is 0 Å². The van der Waals surface area contributed by atoms with Crippen LogP contribution in [0, 0.1) is 5.92 Å². The topological polar surface area (TPSA) is 83.0 Å². The number of carbonyl (C=O) groups excluding carboxylic acids is 1. The Kier molecular flexibility index (Phi) is 4.86. The normalized spacial score (nSPS) is 19.9. The Bertz CT molecular complexity index is 1090. The van der Waals surface area contributed by atoms with Crippen molar-refractivity contribution in [2.75, 3.05) is 19.6 Å². The Labute approximate surface area is 174 Å². The van der Waals surface area contributed by atoms with Gasteiger partial charge in [-0.1, -0.05) is 30.3 Å². The van der Waals surface area contributed by atoms with E-state index in [1.54, 1.807) is 12.4 Å². The van der Waals surface area contributed by atoms with Gasteiger partial charge in [-0.05, 0) is 36.5 Å². The summed E-state index contributed by atoms with van der Waals surface area (Å²) in [4.78, 5) is 34.9. The minimum atomic E-state index is -0.0105. The number of hydrogen-bond acceptors (Lipinski definition) is 3. The van der Waals surface area contributed by atoms with Gasteiger partial charge in [-0.3, -0.25) is 4.79 Å². The van der Waals surface area contributed by atoms with Crippen molar-refractivity contribution in [1.29, 1.82) is 0 Å². The van der Waals surface area contributed by atoms with Gasteiger partial charge in [0, 0.05) is 50.2 Å². The van der Waals surface area contributed by atoms with Gasteiger partial charge in [-0.25, -0.2) is 9.78 Å². The Hall–Kier alpha value is -3.35. The number of carbonyl (C=O) groups is 1. The molecule has 7 nitrogen and oxygen atoms in total. The lowest BCUT2D eigenvalue weighted by Gasteiger charge is -2.42. The maximum absolute atomic E-state index is 13.0. The molecule has 7 heteroatoms. The van der Waals surface area contributed by atoms with Crippen LogP contribution in [-0.2, 0) is 13.0 Å². The highest BCUT2D eigenvalue weighted by Crippen LogP contribution is 2.35. The summed E-state index contributed by atoms with van der Waals surface area (Å²) in [6.07, 6.45) is 5.22. The first-order chi connectivity index (χ1) is 14.7. The number of benzene rings is 1. The largest absolute Gasteiger partial charge is 0.344 e. The van der Waals surface area contributed by atoms with Crippen LogP contribution in [0.5, 0.6) is 0 Å². The number of aromatic nitrogens is 3. The number of piperidine rings is 1. The molecule has 0 saturated carbocycles. The lowest BCUT2D eigenvalue weighted by Crippen LogP contribution is -2.52. The third-order valence-corrected chi connectivity index (χ3v) is 6.18. The molecule has 2 atom stereocenters. The van der Waals surface area contributed by atoms with E-state index >= 15 is 0 Å². The van der Waals surface area contributed by atoms with Crippen molar-refractivity contribution in [3.8, 4) is 11.4 Å². The summed E-state index contributed by atoms with van der Waals surface area (Å²) < 4.78 is 1.89. The van der Waals surface area contributed by atoms with Gasteiger partial charge < -0.3 is 19.8 Å². The molecule has 1 saturated heterocycles. The lowest BCUT2D eigenvalue weighted by atomic mass is 9.83. The summed E-state index contributed by atoms with van der Waals surface area (Å²) in [5, 5.41) is 3.06. The number of H-pyrrole nitrogens is 1. The number of fused-ring (bicyclic) bond motifs is 4. The SMILES string of the molecule is O=C(NCCc1ccccc1)N1C[C@@H]2C[C@H](C1)c1ccc(-c3ncc[nH]3)c(=O)n1C2. The molecule has 2 aromatic heterocycles. The van der Waals surface area contributed by atoms with Gasteiger partial charge in [-0.15, -0.1) is 0 Å². The van der Waals surface area contributed by atoms with Crippen LogP contribution in [0.3, 0.4) is 0 Å². The van der Waals surface area contributed by atoms with Gasteiger partial charge in [0.05, 0.1) is 5.56 Å². The van der Waals surface area contributed by atoms with Crippen molar-refractivity contribution in [3.63, 3.8) is 0 Å². The predicted molar refractivity (Wildman–Crippen MR) is 114 cm³/mol. The fourth-order valence-electron chi connectivity index (χ4n) is 4.77. The van der Waals surface area contributed by atoms with Crippen LogP contribution in [0.15, 0.2) is 59.7 Å². The standard InChI is InChI=1S/C23H25N5O2/c29-22-19(21-24-10-11-25-21)6-7-20-18-12-17(14-28(20)22)13-27(15-18)23(30)26-9-8-16-4-2-1-3-5-16/h1-7,10-11,17-18H,8-9,12-15H2,(H,24,25)(H,26,30)/t17-,18+/m0/s1. The molecule has 2 N–H and O–H groups in total. The van der Waals surface area contributed by atoms with Crippen molar-refractivity contribution in [1.82, 2.24) is 24.8 Å². The number of pyridine rings is 1. The van der Waals surface area contributed by atoms with Crippen molar-refractivity contribution in [2.24, 2.45) is 5.92 Å². The van der Waals surface area contributed by atoms with E-state index in [-0.39, 0.29) is 17.5 Å². The third-order valence-electron chi connectivity index (χ3n) is 6.18. The van der Waals surface area contributed by atoms with Crippen LogP contribution < -0.4 is 10.9 Å². The van der Waals surface area contributed by atoms with Crippen LogP contribution in [0.4, 0.5) is 4.79 Å². The highest BCUT2D eigenvalue weighted by molar-refractivity contribution is 5.74. The molecular formula is C23H25N5O2. The monoisotopic (exact) mass is 403 g/mol. The highest BCUT2D eigenvalue weighted by atomic mass is 16.2. The quantitative estimate of drug-likeness (QED) is 0.702. The van der Waals surface area contributed by atoms with E-state index < -0.39 is 0 Å². The highest BCUT2D eigenvalue weighted by Gasteiger charge is 2.36. The first kappa shape index (κ1) is 18.7. The molecule has 4 heterocycles. The van der Waals surface area contributed by atoms with Crippen molar-refractivity contribution in [2.45, 2.75) is 25.3 Å². The zero-order chi connectivity index (χ0) is 20.5. The second-order valence-corrected chi connectivity index (χ2v) is 8.20. The second kappa shape index (κ2) is 7.82. The number of amides is 2. The molecule has 1 fully saturated rings. The Morgan fingerprint density at radius 3 is 2.80 bits per heavy atom. The molecule has 2 bridgehead atoms. The number of aromatic amines is 1. The maximum atomic E-state index is 13.0. The molecule has 0 aliphatic carbocycles. The number of urea groups is 1. The summed E-state index contributed by atoms with van der Waals surface area (Å²) in [6, 6.07) is 14.0. The average molecular weight is 403 g/mol. The number of likely N-dealkylation sites (tertiary alicyclic amines) is 1. The fraction of sp³-hybridized carbons (Fsp3) is 0.348. The zero-order valence-electron chi connectivity index (χ0n) is 16.8. The molecule has 0 unspecified atom stereocenters. The van der Waals surface area contributed by atoms with Crippen LogP contribution in [0.25, 0.3) is 11.4 Å². The molecule has 2 amide bonds. The van der Waals surface area contributed by atoms with Gasteiger partial charge in [0.25, 0.3) is 5.56 Å². The van der Waals surface area contributed by atoms with Gasteiger partial charge in [0.15, 0.2) is 0 Å². The Balaban J connectivity index is 1.28. The summed E-state index contributed by atoms with van der Waals surface area (Å²) in [7, 11) is 0. The summed E-state index contributed by atoms with van der Waals surface area (Å²) in [5.41, 5.74) is 2.83. The van der Waals surface area contributed by atoms with E-state index in [1.165, 1.54) is 5.56 Å². The Morgan fingerprint density at radius 2 is 2.00 bits per heavy atom. The molecule has 2 aliphatic rings. The number of nitrogens with one attached hydrogen (secondary N) is 2. The van der Waals surface area contributed by atoms with Crippen molar-refractivity contribution in [3.05, 3.63) is 76.5 Å². The smallest absolute Gasteiger partial charge is 0.317 e. The van der Waals surface area contributed by atoms with Crippen molar-refractivity contribution < 1.29 is 4.79 Å². The van der Waals surface area contributed by atoms with E-state index in [0.717, 1.165) is 18.5 Å². The minimum absolute atomic E-state index is 0.00193. The first-order valence-electron chi connectivity index (χ1n) is 10.5. The van der Waals surface area contributed by atoms with Crippen molar-refractivity contribution >= 4 is 6.03 Å². The van der Waals surface area contributed by atoms with Crippen LogP contribution in [0.1, 0.15) is 23.6 Å². The Morgan fingerprint density at radius 1 is 1.13 bits per heavy atom. The van der Waals surface area contributed by atoms with E-state index in [0.29, 0.717) is 43.5 Å². The van der Waals surface area contributed by atoms with Crippen LogP contribution in [-0.4, -0.2) is 45.1 Å². The predicted octanol–water partition coefficient (Wildman–Crippen LogP) is 2.61. The third kappa shape index (κ3) is 3.51. The van der Waals surface area contributed by atoms with Gasteiger partial charge >= 0.3 is 6.03 Å². The molecule has 5 rings (SSSR count). The van der Waals surface area contributed by atoms with E-state index in [1.807, 2.05) is 39.8 Å². The molecule has 0 radical (unpaired) electrons. The molecule has 3 aromatic rings.